The smallest absolute Gasteiger partial charge is 0.189 e. The van der Waals surface area contributed by atoms with E-state index in [1.807, 2.05) is 6.92 Å². The fourth-order valence-electron chi connectivity index (χ4n) is 1.72. The molecule has 3 heteroatoms. The van der Waals surface area contributed by atoms with Gasteiger partial charge in [0.1, 0.15) is 17.3 Å². The van der Waals surface area contributed by atoms with Gasteiger partial charge < -0.3 is 9.52 Å². The lowest BCUT2D eigenvalue weighted by molar-refractivity contribution is 0.104. The first-order chi connectivity index (χ1) is 8.56. The topological polar surface area (TPSA) is 50.4 Å². The molecular weight excluding hydrogens is 228 g/mol. The van der Waals surface area contributed by atoms with E-state index in [4.69, 9.17) is 9.52 Å². The molecule has 3 nitrogen and oxygen atoms in total. The summed E-state index contributed by atoms with van der Waals surface area (Å²) in [6.07, 6.45) is 3.22. The van der Waals surface area contributed by atoms with Crippen molar-refractivity contribution >= 4 is 11.9 Å². The number of hydrogen-bond acceptors (Lipinski definition) is 3. The van der Waals surface area contributed by atoms with Gasteiger partial charge in [-0.05, 0) is 43.7 Å². The van der Waals surface area contributed by atoms with E-state index in [2.05, 4.69) is 0 Å². The third-order valence-electron chi connectivity index (χ3n) is 2.63. The van der Waals surface area contributed by atoms with Gasteiger partial charge in [-0.3, -0.25) is 4.79 Å². The van der Waals surface area contributed by atoms with Crippen LogP contribution in [0.15, 0.2) is 40.8 Å². The summed E-state index contributed by atoms with van der Waals surface area (Å²) in [5.74, 6) is 1.49. The number of allylic oxidation sites excluding steroid dienone is 1. The highest BCUT2D eigenvalue weighted by atomic mass is 16.3. The molecule has 18 heavy (non-hydrogen) atoms. The highest BCUT2D eigenvalue weighted by Gasteiger charge is 2.10. The zero-order valence-electron chi connectivity index (χ0n) is 10.3. The van der Waals surface area contributed by atoms with E-state index in [1.165, 1.54) is 6.08 Å². The lowest BCUT2D eigenvalue weighted by Crippen LogP contribution is -1.93. The number of aryl methyl sites for hydroxylation is 2. The van der Waals surface area contributed by atoms with Crippen molar-refractivity contribution in [2.75, 3.05) is 0 Å². The Morgan fingerprint density at radius 2 is 1.89 bits per heavy atom. The van der Waals surface area contributed by atoms with Crippen molar-refractivity contribution in [3.05, 3.63) is 59.1 Å². The summed E-state index contributed by atoms with van der Waals surface area (Å²) in [5, 5.41) is 9.15. The zero-order valence-corrected chi connectivity index (χ0v) is 10.3. The third-order valence-corrected chi connectivity index (χ3v) is 2.63. The number of aromatic hydroxyl groups is 1. The molecule has 0 saturated heterocycles. The highest BCUT2D eigenvalue weighted by Crippen LogP contribution is 2.16. The Bertz CT molecular complexity index is 589. The lowest BCUT2D eigenvalue weighted by atomic mass is 10.1. The summed E-state index contributed by atoms with van der Waals surface area (Å²) in [7, 11) is 0. The van der Waals surface area contributed by atoms with Crippen molar-refractivity contribution in [1.82, 2.24) is 0 Å². The molecule has 0 aliphatic heterocycles. The van der Waals surface area contributed by atoms with Crippen LogP contribution < -0.4 is 0 Å². The molecule has 0 spiro atoms. The monoisotopic (exact) mass is 242 g/mol. The van der Waals surface area contributed by atoms with Gasteiger partial charge in [0.2, 0.25) is 0 Å². The molecule has 0 aliphatic carbocycles. The van der Waals surface area contributed by atoms with Gasteiger partial charge in [0.05, 0.1) is 5.56 Å². The third kappa shape index (κ3) is 2.69. The minimum atomic E-state index is -0.0857. The largest absolute Gasteiger partial charge is 0.508 e. The second kappa shape index (κ2) is 4.92. The predicted molar refractivity (Wildman–Crippen MR) is 69.7 cm³/mol. The fraction of sp³-hybridized carbons (Fsp3) is 0.133. The number of carbonyl (C=O) groups is 1. The van der Waals surface area contributed by atoms with Gasteiger partial charge in [-0.25, -0.2) is 0 Å². The van der Waals surface area contributed by atoms with Gasteiger partial charge in [-0.2, -0.15) is 0 Å². The Labute approximate surface area is 105 Å². The maximum atomic E-state index is 11.9. The molecule has 2 aromatic rings. The molecule has 0 amide bonds. The second-order valence-electron chi connectivity index (χ2n) is 4.12. The molecule has 0 fully saturated rings. The first-order valence-electron chi connectivity index (χ1n) is 5.65. The highest BCUT2D eigenvalue weighted by molar-refractivity contribution is 6.07. The van der Waals surface area contributed by atoms with Crippen molar-refractivity contribution in [3.63, 3.8) is 0 Å². The van der Waals surface area contributed by atoms with Crippen LogP contribution >= 0.6 is 0 Å². The second-order valence-corrected chi connectivity index (χ2v) is 4.12. The Kier molecular flexibility index (Phi) is 3.33. The lowest BCUT2D eigenvalue weighted by Gasteiger charge is -1.94. The SMILES string of the molecule is Cc1cc(C(=O)/C=C/c2ccc(O)cc2)c(C)o1. The molecule has 1 aromatic carbocycles. The Morgan fingerprint density at radius 1 is 1.22 bits per heavy atom. The molecule has 0 atom stereocenters. The van der Waals surface area contributed by atoms with Crippen LogP contribution in [-0.4, -0.2) is 10.9 Å². The quantitative estimate of drug-likeness (QED) is 0.662. The molecule has 0 radical (unpaired) electrons. The van der Waals surface area contributed by atoms with E-state index in [-0.39, 0.29) is 11.5 Å². The molecular formula is C15H14O3. The predicted octanol–water partition coefficient (Wildman–Crippen LogP) is 3.50. The van der Waals surface area contributed by atoms with E-state index in [0.717, 1.165) is 11.3 Å². The molecule has 0 saturated carbocycles. The number of carbonyl (C=O) groups excluding carboxylic acids is 1. The minimum Gasteiger partial charge on any atom is -0.508 e. The fourth-order valence-corrected chi connectivity index (χ4v) is 1.72. The number of benzene rings is 1. The average molecular weight is 242 g/mol. The van der Waals surface area contributed by atoms with Gasteiger partial charge in [-0.1, -0.05) is 18.2 Å². The van der Waals surface area contributed by atoms with Gasteiger partial charge in [0, 0.05) is 0 Å². The number of phenols is 1. The first kappa shape index (κ1) is 12.2. The number of phenolic OH excluding ortho intramolecular Hbond substituents is 1. The van der Waals surface area contributed by atoms with E-state index >= 15 is 0 Å². The summed E-state index contributed by atoms with van der Waals surface area (Å²) in [6.45, 7) is 3.59. The van der Waals surface area contributed by atoms with Crippen molar-refractivity contribution in [2.45, 2.75) is 13.8 Å². The zero-order chi connectivity index (χ0) is 13.1. The van der Waals surface area contributed by atoms with Gasteiger partial charge in [-0.15, -0.1) is 0 Å². The van der Waals surface area contributed by atoms with Crippen molar-refractivity contribution < 1.29 is 14.3 Å². The van der Waals surface area contributed by atoms with Crippen molar-refractivity contribution in [2.24, 2.45) is 0 Å². The molecule has 92 valence electrons. The van der Waals surface area contributed by atoms with E-state index in [9.17, 15) is 4.79 Å². The average Bonchev–Trinajstić information content (AvgIpc) is 2.67. The number of furan rings is 1. The van der Waals surface area contributed by atoms with Crippen LogP contribution in [-0.2, 0) is 0 Å². The summed E-state index contributed by atoms with van der Waals surface area (Å²) in [4.78, 5) is 11.9. The molecule has 2 rings (SSSR count). The van der Waals surface area contributed by atoms with Gasteiger partial charge >= 0.3 is 0 Å². The summed E-state index contributed by atoms with van der Waals surface area (Å²) < 4.78 is 5.32. The van der Waals surface area contributed by atoms with Crippen molar-refractivity contribution in [1.29, 1.82) is 0 Å². The van der Waals surface area contributed by atoms with Crippen LogP contribution in [0.25, 0.3) is 6.08 Å². The standard InChI is InChI=1S/C15H14O3/c1-10-9-14(11(2)18-10)15(17)8-5-12-3-6-13(16)7-4-12/h3-9,16H,1-2H3/b8-5+. The molecule has 0 bridgehead atoms. The number of hydrogen-bond donors (Lipinski definition) is 1. The van der Waals surface area contributed by atoms with E-state index in [0.29, 0.717) is 11.3 Å². The molecule has 0 aliphatic rings. The van der Waals surface area contributed by atoms with Crippen LogP contribution in [0, 0.1) is 13.8 Å². The molecule has 1 aromatic heterocycles. The molecule has 0 unspecified atom stereocenters. The molecule has 1 N–H and O–H groups in total. The van der Waals surface area contributed by atoms with E-state index in [1.54, 1.807) is 43.3 Å². The van der Waals surface area contributed by atoms with Gasteiger partial charge in [0.25, 0.3) is 0 Å². The van der Waals surface area contributed by atoms with Crippen LogP contribution in [0.2, 0.25) is 0 Å². The summed E-state index contributed by atoms with van der Waals surface area (Å²) in [6, 6.07) is 8.38. The Morgan fingerprint density at radius 3 is 2.44 bits per heavy atom. The first-order valence-corrected chi connectivity index (χ1v) is 5.65. The van der Waals surface area contributed by atoms with Crippen LogP contribution in [0.1, 0.15) is 27.4 Å². The van der Waals surface area contributed by atoms with Crippen LogP contribution in [0.5, 0.6) is 5.75 Å². The van der Waals surface area contributed by atoms with Crippen molar-refractivity contribution in [3.8, 4) is 5.75 Å². The number of rotatable bonds is 3. The minimum absolute atomic E-state index is 0.0857. The Hall–Kier alpha value is -2.29. The molecule has 1 heterocycles. The normalized spacial score (nSPS) is 11.0. The summed E-state index contributed by atoms with van der Waals surface area (Å²) >= 11 is 0. The maximum Gasteiger partial charge on any atom is 0.189 e. The van der Waals surface area contributed by atoms with Gasteiger partial charge in [0.15, 0.2) is 5.78 Å². The maximum absolute atomic E-state index is 11.9. The van der Waals surface area contributed by atoms with Crippen LogP contribution in [0.4, 0.5) is 0 Å². The van der Waals surface area contributed by atoms with E-state index < -0.39 is 0 Å². The van der Waals surface area contributed by atoms with Crippen LogP contribution in [0.3, 0.4) is 0 Å². The summed E-state index contributed by atoms with van der Waals surface area (Å²) in [5.41, 5.74) is 1.45. The number of ketones is 1. The Balaban J connectivity index is 2.16.